The molecule has 1 atom stereocenters. The standard InChI is InChI=1S/C26H28N2O6S/c1-3-32-22-12-9-20(10-13-22)19(2)27-26(29)18-28(35(30,31)23-7-5-4-6-8-23)21-11-14-24-25(17-21)34-16-15-33-24/h4-14,17,19H,3,15-16,18H2,1-2H3,(H,27,29)/t19-/m1/s1. The van der Waals surface area contributed by atoms with E-state index in [0.29, 0.717) is 37.0 Å². The van der Waals surface area contributed by atoms with Crippen LogP contribution in [0.1, 0.15) is 25.5 Å². The number of sulfonamides is 1. The predicted octanol–water partition coefficient (Wildman–Crippen LogP) is 3.93. The van der Waals surface area contributed by atoms with Crippen LogP contribution in [0.15, 0.2) is 77.7 Å². The third-order valence-corrected chi connectivity index (χ3v) is 7.29. The molecule has 1 amide bonds. The van der Waals surface area contributed by atoms with Gasteiger partial charge in [0.25, 0.3) is 10.0 Å². The number of amides is 1. The fourth-order valence-electron chi connectivity index (χ4n) is 3.74. The fourth-order valence-corrected chi connectivity index (χ4v) is 5.18. The van der Waals surface area contributed by atoms with Crippen molar-refractivity contribution in [3.8, 4) is 17.2 Å². The summed E-state index contributed by atoms with van der Waals surface area (Å²) in [6.07, 6.45) is 0. The van der Waals surface area contributed by atoms with E-state index in [4.69, 9.17) is 14.2 Å². The normalized spacial score (nSPS) is 13.5. The smallest absolute Gasteiger partial charge is 0.264 e. The first kappa shape index (κ1) is 24.4. The monoisotopic (exact) mass is 496 g/mol. The molecule has 1 N–H and O–H groups in total. The summed E-state index contributed by atoms with van der Waals surface area (Å²) in [7, 11) is -4.03. The van der Waals surface area contributed by atoms with Gasteiger partial charge in [-0.1, -0.05) is 30.3 Å². The number of hydrogen-bond acceptors (Lipinski definition) is 6. The largest absolute Gasteiger partial charge is 0.494 e. The van der Waals surface area contributed by atoms with Crippen molar-refractivity contribution in [2.24, 2.45) is 0 Å². The number of rotatable bonds is 9. The molecule has 35 heavy (non-hydrogen) atoms. The maximum Gasteiger partial charge on any atom is 0.264 e. The van der Waals surface area contributed by atoms with Crippen LogP contribution in [-0.4, -0.2) is 40.7 Å². The molecule has 0 saturated carbocycles. The van der Waals surface area contributed by atoms with Crippen LogP contribution in [0.2, 0.25) is 0 Å². The zero-order valence-corrected chi connectivity index (χ0v) is 20.5. The topological polar surface area (TPSA) is 94.2 Å². The van der Waals surface area contributed by atoms with E-state index in [1.165, 1.54) is 12.1 Å². The molecule has 0 aromatic heterocycles. The summed E-state index contributed by atoms with van der Waals surface area (Å²) in [6.45, 7) is 4.70. The minimum absolute atomic E-state index is 0.0854. The molecule has 0 spiro atoms. The number of carbonyl (C=O) groups excluding carboxylic acids is 1. The lowest BCUT2D eigenvalue weighted by molar-refractivity contribution is -0.120. The van der Waals surface area contributed by atoms with Crippen LogP contribution >= 0.6 is 0 Å². The third-order valence-electron chi connectivity index (χ3n) is 5.50. The number of carbonyl (C=O) groups is 1. The summed E-state index contributed by atoms with van der Waals surface area (Å²) in [5.41, 5.74) is 1.18. The molecule has 1 aliphatic rings. The van der Waals surface area contributed by atoms with Crippen LogP contribution < -0.4 is 23.8 Å². The number of benzene rings is 3. The van der Waals surface area contributed by atoms with E-state index in [9.17, 15) is 13.2 Å². The maximum absolute atomic E-state index is 13.6. The van der Waals surface area contributed by atoms with Crippen LogP contribution in [-0.2, 0) is 14.8 Å². The SMILES string of the molecule is CCOc1ccc([C@@H](C)NC(=O)CN(c2ccc3c(c2)OCCO3)S(=O)(=O)c2ccccc2)cc1. The Hall–Kier alpha value is -3.72. The van der Waals surface area contributed by atoms with E-state index in [1.54, 1.807) is 36.4 Å². The molecular weight excluding hydrogens is 468 g/mol. The molecule has 8 nitrogen and oxygen atoms in total. The lowest BCUT2D eigenvalue weighted by Crippen LogP contribution is -2.41. The van der Waals surface area contributed by atoms with Gasteiger partial charge >= 0.3 is 0 Å². The van der Waals surface area contributed by atoms with Gasteiger partial charge in [0.2, 0.25) is 5.91 Å². The van der Waals surface area contributed by atoms with Crippen LogP contribution in [0, 0.1) is 0 Å². The van der Waals surface area contributed by atoms with Gasteiger partial charge in [-0.3, -0.25) is 9.10 Å². The van der Waals surface area contributed by atoms with Gasteiger partial charge in [0, 0.05) is 6.07 Å². The van der Waals surface area contributed by atoms with Gasteiger partial charge < -0.3 is 19.5 Å². The minimum Gasteiger partial charge on any atom is -0.494 e. The van der Waals surface area contributed by atoms with Crippen molar-refractivity contribution < 1.29 is 27.4 Å². The Labute approximate surface area is 205 Å². The number of fused-ring (bicyclic) bond motifs is 1. The highest BCUT2D eigenvalue weighted by atomic mass is 32.2. The first-order chi connectivity index (χ1) is 16.9. The molecule has 3 aromatic rings. The Morgan fingerprint density at radius 2 is 1.69 bits per heavy atom. The van der Waals surface area contributed by atoms with Crippen molar-refractivity contribution in [3.63, 3.8) is 0 Å². The highest BCUT2D eigenvalue weighted by Crippen LogP contribution is 2.35. The summed E-state index contributed by atoms with van der Waals surface area (Å²) < 4.78 is 44.8. The quantitative estimate of drug-likeness (QED) is 0.483. The van der Waals surface area contributed by atoms with Crippen molar-refractivity contribution in [1.29, 1.82) is 0 Å². The Morgan fingerprint density at radius 3 is 2.37 bits per heavy atom. The highest BCUT2D eigenvalue weighted by Gasteiger charge is 2.29. The molecule has 0 saturated heterocycles. The average Bonchev–Trinajstić information content (AvgIpc) is 2.88. The second-order valence-electron chi connectivity index (χ2n) is 7.94. The molecule has 184 valence electrons. The van der Waals surface area contributed by atoms with Crippen LogP contribution in [0.25, 0.3) is 0 Å². The van der Waals surface area contributed by atoms with Crippen molar-refractivity contribution in [2.75, 3.05) is 30.7 Å². The van der Waals surface area contributed by atoms with E-state index >= 15 is 0 Å². The van der Waals surface area contributed by atoms with Crippen molar-refractivity contribution >= 4 is 21.6 Å². The van der Waals surface area contributed by atoms with Crippen LogP contribution in [0.5, 0.6) is 17.2 Å². The first-order valence-corrected chi connectivity index (χ1v) is 12.8. The Balaban J connectivity index is 1.58. The lowest BCUT2D eigenvalue weighted by atomic mass is 10.1. The summed E-state index contributed by atoms with van der Waals surface area (Å²) in [4.78, 5) is 13.1. The van der Waals surface area contributed by atoms with Crippen LogP contribution in [0.4, 0.5) is 5.69 Å². The number of nitrogens with one attached hydrogen (secondary N) is 1. The van der Waals surface area contributed by atoms with Gasteiger partial charge in [0.15, 0.2) is 11.5 Å². The molecule has 0 radical (unpaired) electrons. The predicted molar refractivity (Wildman–Crippen MR) is 133 cm³/mol. The molecule has 3 aromatic carbocycles. The summed E-state index contributed by atoms with van der Waals surface area (Å²) in [5, 5.41) is 2.89. The molecule has 4 rings (SSSR count). The van der Waals surface area contributed by atoms with E-state index in [-0.39, 0.29) is 10.9 Å². The Bertz CT molecular complexity index is 1260. The summed E-state index contributed by atoms with van der Waals surface area (Å²) in [6, 6.07) is 19.9. The lowest BCUT2D eigenvalue weighted by Gasteiger charge is -2.27. The van der Waals surface area contributed by atoms with Gasteiger partial charge in [0.05, 0.1) is 23.2 Å². The first-order valence-electron chi connectivity index (χ1n) is 11.4. The van der Waals surface area contributed by atoms with E-state index in [0.717, 1.165) is 15.6 Å². The zero-order valence-electron chi connectivity index (χ0n) is 19.6. The molecule has 0 bridgehead atoms. The molecule has 9 heteroatoms. The van der Waals surface area contributed by atoms with Crippen molar-refractivity contribution in [3.05, 3.63) is 78.4 Å². The number of ether oxygens (including phenoxy) is 3. The number of hydrogen-bond donors (Lipinski definition) is 1. The second-order valence-corrected chi connectivity index (χ2v) is 9.81. The zero-order chi connectivity index (χ0) is 24.8. The molecule has 0 unspecified atom stereocenters. The highest BCUT2D eigenvalue weighted by molar-refractivity contribution is 7.92. The van der Waals surface area contributed by atoms with Gasteiger partial charge in [-0.15, -0.1) is 0 Å². The van der Waals surface area contributed by atoms with E-state index < -0.39 is 22.5 Å². The molecule has 1 heterocycles. The van der Waals surface area contributed by atoms with Crippen molar-refractivity contribution in [2.45, 2.75) is 24.8 Å². The molecular formula is C26H28N2O6S. The van der Waals surface area contributed by atoms with Crippen molar-refractivity contribution in [1.82, 2.24) is 5.32 Å². The number of anilines is 1. The molecule has 0 fully saturated rings. The van der Waals surface area contributed by atoms with Gasteiger partial charge in [-0.2, -0.15) is 0 Å². The minimum atomic E-state index is -4.03. The maximum atomic E-state index is 13.6. The van der Waals surface area contributed by atoms with Gasteiger partial charge in [0.1, 0.15) is 25.5 Å². The van der Waals surface area contributed by atoms with Gasteiger partial charge in [-0.05, 0) is 55.8 Å². The van der Waals surface area contributed by atoms with E-state index in [1.807, 2.05) is 38.1 Å². The van der Waals surface area contributed by atoms with E-state index in [2.05, 4.69) is 5.32 Å². The average molecular weight is 497 g/mol. The van der Waals surface area contributed by atoms with Gasteiger partial charge in [-0.25, -0.2) is 8.42 Å². The summed E-state index contributed by atoms with van der Waals surface area (Å²) in [5.74, 6) is 1.27. The Morgan fingerprint density at radius 1 is 1.00 bits per heavy atom. The summed E-state index contributed by atoms with van der Waals surface area (Å²) >= 11 is 0. The third kappa shape index (κ3) is 5.68. The Kier molecular flexibility index (Phi) is 7.45. The fraction of sp³-hybridized carbons (Fsp3) is 0.269. The number of nitrogens with zero attached hydrogens (tertiary/aromatic N) is 1. The molecule has 0 aliphatic carbocycles. The second kappa shape index (κ2) is 10.7. The van der Waals surface area contributed by atoms with Crippen LogP contribution in [0.3, 0.4) is 0 Å². The molecule has 1 aliphatic heterocycles.